The van der Waals surface area contributed by atoms with Crippen LogP contribution in [0, 0.1) is 0 Å². The Kier molecular flexibility index (Phi) is 5.95. The first-order valence-corrected chi connectivity index (χ1v) is 9.59. The second-order valence-electron chi connectivity index (χ2n) is 5.71. The Morgan fingerprint density at radius 2 is 1.92 bits per heavy atom. The number of hydrogen-bond acceptors (Lipinski definition) is 4. The molecule has 0 unspecified atom stereocenters. The largest absolute Gasteiger partial charge is 0.337 e. The van der Waals surface area contributed by atoms with Crippen molar-refractivity contribution in [3.63, 3.8) is 0 Å². The summed E-state index contributed by atoms with van der Waals surface area (Å²) in [6.45, 7) is 4.66. The minimum absolute atomic E-state index is 0.0692. The predicted molar refractivity (Wildman–Crippen MR) is 92.3 cm³/mol. The van der Waals surface area contributed by atoms with Gasteiger partial charge in [-0.1, -0.05) is 6.07 Å². The molecule has 2 rings (SSSR count). The van der Waals surface area contributed by atoms with Crippen molar-refractivity contribution in [1.82, 2.24) is 9.21 Å². The number of nitrogens with zero attached hydrogens (tertiary/aromatic N) is 2. The first-order valence-electron chi connectivity index (χ1n) is 7.98. The van der Waals surface area contributed by atoms with E-state index in [2.05, 4.69) is 5.32 Å². The number of hydrogen-bond donors (Lipinski definition) is 1. The summed E-state index contributed by atoms with van der Waals surface area (Å²) in [5.41, 5.74) is 1.05. The number of benzene rings is 1. The molecule has 8 heteroatoms. The summed E-state index contributed by atoms with van der Waals surface area (Å²) in [6, 6.07) is 6.76. The van der Waals surface area contributed by atoms with Crippen molar-refractivity contribution in [2.75, 3.05) is 37.2 Å². The van der Waals surface area contributed by atoms with Crippen LogP contribution in [0.2, 0.25) is 0 Å². The molecule has 0 bridgehead atoms. The van der Waals surface area contributed by atoms with Crippen molar-refractivity contribution in [1.29, 1.82) is 0 Å². The molecule has 1 saturated heterocycles. The number of carbonyl (C=O) groups is 2. The van der Waals surface area contributed by atoms with Crippen LogP contribution in [0.4, 0.5) is 5.69 Å². The molecule has 1 fully saturated rings. The lowest BCUT2D eigenvalue weighted by atomic mass is 10.1. The summed E-state index contributed by atoms with van der Waals surface area (Å²) in [7, 11) is -3.23. The van der Waals surface area contributed by atoms with Crippen molar-refractivity contribution in [3.05, 3.63) is 29.8 Å². The van der Waals surface area contributed by atoms with Crippen LogP contribution in [-0.4, -0.2) is 61.4 Å². The van der Waals surface area contributed by atoms with Gasteiger partial charge >= 0.3 is 0 Å². The van der Waals surface area contributed by atoms with Crippen LogP contribution in [0.15, 0.2) is 24.3 Å². The second kappa shape index (κ2) is 7.76. The molecule has 1 aliphatic rings. The predicted octanol–water partition coefficient (Wildman–Crippen LogP) is 1.14. The third-order valence-corrected chi connectivity index (χ3v) is 5.81. The summed E-state index contributed by atoms with van der Waals surface area (Å²) in [6.07, 6.45) is 0.607. The number of nitrogens with one attached hydrogen (secondary N) is 1. The number of carbonyl (C=O) groups excluding carboxylic acids is 2. The molecule has 1 aliphatic heterocycles. The van der Waals surface area contributed by atoms with E-state index >= 15 is 0 Å². The molecule has 1 aromatic rings. The number of anilines is 1. The fourth-order valence-corrected chi connectivity index (χ4v) is 3.81. The SMILES string of the molecule is CCS(=O)(=O)N1CCCN(C(=O)c2cccc(NC(C)=O)c2)CC1. The fourth-order valence-electron chi connectivity index (χ4n) is 2.67. The van der Waals surface area contributed by atoms with Crippen molar-refractivity contribution in [2.45, 2.75) is 20.3 Å². The highest BCUT2D eigenvalue weighted by molar-refractivity contribution is 7.89. The lowest BCUT2D eigenvalue weighted by Gasteiger charge is -2.22. The van der Waals surface area contributed by atoms with Gasteiger partial charge < -0.3 is 10.2 Å². The normalized spacial score (nSPS) is 16.5. The molecule has 0 atom stereocenters. The summed E-state index contributed by atoms with van der Waals surface area (Å²) in [4.78, 5) is 25.5. The molecule has 1 heterocycles. The van der Waals surface area contributed by atoms with Crippen molar-refractivity contribution in [3.8, 4) is 0 Å². The third-order valence-electron chi connectivity index (χ3n) is 3.93. The van der Waals surface area contributed by atoms with Gasteiger partial charge in [-0.2, -0.15) is 0 Å². The van der Waals surface area contributed by atoms with Crippen LogP contribution in [0.5, 0.6) is 0 Å². The zero-order chi connectivity index (χ0) is 17.7. The highest BCUT2D eigenvalue weighted by atomic mass is 32.2. The first-order chi connectivity index (χ1) is 11.3. The van der Waals surface area contributed by atoms with Gasteiger partial charge in [0.1, 0.15) is 0 Å². The summed E-state index contributed by atoms with van der Waals surface area (Å²) in [5, 5.41) is 2.65. The maximum absolute atomic E-state index is 12.7. The fraction of sp³-hybridized carbons (Fsp3) is 0.500. The van der Waals surface area contributed by atoms with E-state index in [1.807, 2.05) is 0 Å². The molecule has 1 aromatic carbocycles. The molecule has 0 aromatic heterocycles. The Morgan fingerprint density at radius 3 is 2.58 bits per heavy atom. The van der Waals surface area contributed by atoms with E-state index in [0.29, 0.717) is 43.9 Å². The Bertz CT molecular complexity index is 718. The smallest absolute Gasteiger partial charge is 0.253 e. The topological polar surface area (TPSA) is 86.8 Å². The quantitative estimate of drug-likeness (QED) is 0.879. The molecule has 2 amide bonds. The van der Waals surface area contributed by atoms with Crippen molar-refractivity contribution >= 4 is 27.5 Å². The van der Waals surface area contributed by atoms with Gasteiger partial charge in [-0.25, -0.2) is 12.7 Å². The molecule has 24 heavy (non-hydrogen) atoms. The van der Waals surface area contributed by atoms with Crippen LogP contribution in [0.1, 0.15) is 30.6 Å². The molecular formula is C16H23N3O4S. The standard InChI is InChI=1S/C16H23N3O4S/c1-3-24(22,23)19-9-5-8-18(10-11-19)16(21)14-6-4-7-15(12-14)17-13(2)20/h4,6-7,12H,3,5,8-11H2,1-2H3,(H,17,20). The average molecular weight is 353 g/mol. The lowest BCUT2D eigenvalue weighted by molar-refractivity contribution is -0.114. The monoisotopic (exact) mass is 353 g/mol. The first kappa shape index (κ1) is 18.4. The third kappa shape index (κ3) is 4.55. The number of rotatable bonds is 4. The van der Waals surface area contributed by atoms with E-state index in [1.165, 1.54) is 11.2 Å². The van der Waals surface area contributed by atoms with Crippen LogP contribution in [0.3, 0.4) is 0 Å². The zero-order valence-electron chi connectivity index (χ0n) is 14.0. The van der Waals surface area contributed by atoms with Gasteiger partial charge in [0.25, 0.3) is 5.91 Å². The van der Waals surface area contributed by atoms with Gasteiger partial charge in [-0.05, 0) is 31.5 Å². The van der Waals surface area contributed by atoms with Gasteiger partial charge in [0.15, 0.2) is 0 Å². The minimum atomic E-state index is -3.23. The maximum atomic E-state index is 12.7. The van der Waals surface area contributed by atoms with E-state index in [0.717, 1.165) is 0 Å². The maximum Gasteiger partial charge on any atom is 0.253 e. The second-order valence-corrected chi connectivity index (χ2v) is 7.96. The van der Waals surface area contributed by atoms with Gasteiger partial charge in [-0.3, -0.25) is 9.59 Å². The lowest BCUT2D eigenvalue weighted by Crippen LogP contribution is -2.37. The molecule has 0 aliphatic carbocycles. The Hall–Kier alpha value is -1.93. The van der Waals surface area contributed by atoms with Crippen molar-refractivity contribution < 1.29 is 18.0 Å². The Balaban J connectivity index is 2.09. The van der Waals surface area contributed by atoms with Crippen LogP contribution in [-0.2, 0) is 14.8 Å². The highest BCUT2D eigenvalue weighted by Crippen LogP contribution is 2.15. The van der Waals surface area contributed by atoms with E-state index in [-0.39, 0.29) is 17.6 Å². The molecular weight excluding hydrogens is 330 g/mol. The van der Waals surface area contributed by atoms with Crippen LogP contribution < -0.4 is 5.32 Å². The molecule has 0 saturated carbocycles. The van der Waals surface area contributed by atoms with E-state index in [4.69, 9.17) is 0 Å². The van der Waals surface area contributed by atoms with E-state index in [1.54, 1.807) is 36.1 Å². The number of amides is 2. The van der Waals surface area contributed by atoms with Crippen LogP contribution >= 0.6 is 0 Å². The van der Waals surface area contributed by atoms with Gasteiger partial charge in [-0.15, -0.1) is 0 Å². The molecule has 0 spiro atoms. The van der Waals surface area contributed by atoms with E-state index < -0.39 is 10.0 Å². The highest BCUT2D eigenvalue weighted by Gasteiger charge is 2.26. The molecule has 7 nitrogen and oxygen atoms in total. The zero-order valence-corrected chi connectivity index (χ0v) is 14.8. The average Bonchev–Trinajstić information content (AvgIpc) is 2.80. The summed E-state index contributed by atoms with van der Waals surface area (Å²) in [5.74, 6) is -0.285. The summed E-state index contributed by atoms with van der Waals surface area (Å²) >= 11 is 0. The van der Waals surface area contributed by atoms with Gasteiger partial charge in [0.05, 0.1) is 5.75 Å². The Labute approximate surface area is 142 Å². The molecule has 0 radical (unpaired) electrons. The van der Waals surface area contributed by atoms with Gasteiger partial charge in [0, 0.05) is 44.4 Å². The number of sulfonamides is 1. The molecule has 132 valence electrons. The minimum Gasteiger partial charge on any atom is -0.337 e. The van der Waals surface area contributed by atoms with Crippen molar-refractivity contribution in [2.24, 2.45) is 0 Å². The van der Waals surface area contributed by atoms with E-state index in [9.17, 15) is 18.0 Å². The van der Waals surface area contributed by atoms with Gasteiger partial charge in [0.2, 0.25) is 15.9 Å². The van der Waals surface area contributed by atoms with Crippen LogP contribution in [0.25, 0.3) is 0 Å². The molecule has 1 N–H and O–H groups in total. The summed E-state index contributed by atoms with van der Waals surface area (Å²) < 4.78 is 25.4. The Morgan fingerprint density at radius 1 is 1.17 bits per heavy atom.